The van der Waals surface area contributed by atoms with Crippen molar-refractivity contribution in [1.82, 2.24) is 5.32 Å². The molecule has 0 saturated carbocycles. The number of hydrogen-bond donors (Lipinski definition) is 1. The minimum Gasteiger partial charge on any atom is -0.317 e. The van der Waals surface area contributed by atoms with Gasteiger partial charge in [-0.1, -0.05) is 30.1 Å². The lowest BCUT2D eigenvalue weighted by Gasteiger charge is -2.16. The Morgan fingerprint density at radius 2 is 1.94 bits per heavy atom. The van der Waals surface area contributed by atoms with Gasteiger partial charge in [0.15, 0.2) is 0 Å². The first-order valence-corrected chi connectivity index (χ1v) is 7.45. The maximum absolute atomic E-state index is 12.2. The molecule has 96 valence electrons. The van der Waals surface area contributed by atoms with Gasteiger partial charge < -0.3 is 5.32 Å². The van der Waals surface area contributed by atoms with Gasteiger partial charge in [0.1, 0.15) is 0 Å². The van der Waals surface area contributed by atoms with Crippen LogP contribution in [0.15, 0.2) is 23.1 Å². The van der Waals surface area contributed by atoms with Crippen molar-refractivity contribution < 1.29 is 4.21 Å². The number of rotatable bonds is 5. The predicted molar refractivity (Wildman–Crippen MR) is 75.5 cm³/mol. The molecular formula is C12H17Cl2NOS. The fraction of sp³-hybridized carbons (Fsp3) is 0.500. The van der Waals surface area contributed by atoms with E-state index in [4.69, 9.17) is 23.2 Å². The summed E-state index contributed by atoms with van der Waals surface area (Å²) >= 11 is 11.7. The summed E-state index contributed by atoms with van der Waals surface area (Å²) in [5.74, 6) is 0. The Bertz CT molecular complexity index is 411. The molecular weight excluding hydrogens is 277 g/mol. The first kappa shape index (κ1) is 15.0. The Hall–Kier alpha value is -0.0900. The zero-order chi connectivity index (χ0) is 13.0. The molecule has 2 nitrogen and oxygen atoms in total. The molecule has 0 aromatic heterocycles. The number of benzene rings is 1. The Labute approximate surface area is 115 Å². The first-order chi connectivity index (χ1) is 7.95. The summed E-state index contributed by atoms with van der Waals surface area (Å²) in [6.45, 7) is 4.05. The third-order valence-electron chi connectivity index (χ3n) is 2.67. The van der Waals surface area contributed by atoms with Crippen molar-refractivity contribution in [1.29, 1.82) is 0 Å². The SMILES string of the molecule is CNC(C)CC(C)S(=O)c1ccc(Cl)c(Cl)c1. The fourth-order valence-corrected chi connectivity index (χ4v) is 3.26. The molecule has 0 fully saturated rings. The Morgan fingerprint density at radius 1 is 1.29 bits per heavy atom. The highest BCUT2D eigenvalue weighted by Crippen LogP contribution is 2.25. The third-order valence-corrected chi connectivity index (χ3v) is 5.05. The molecule has 0 bridgehead atoms. The average molecular weight is 294 g/mol. The molecule has 0 heterocycles. The zero-order valence-electron chi connectivity index (χ0n) is 10.2. The second kappa shape index (κ2) is 6.74. The van der Waals surface area contributed by atoms with Gasteiger partial charge in [-0.25, -0.2) is 0 Å². The molecule has 0 aliphatic carbocycles. The van der Waals surface area contributed by atoms with Crippen LogP contribution in [0, 0.1) is 0 Å². The van der Waals surface area contributed by atoms with Gasteiger partial charge in [-0.15, -0.1) is 0 Å². The molecule has 0 aliphatic heterocycles. The van der Waals surface area contributed by atoms with Crippen LogP contribution >= 0.6 is 23.2 Å². The summed E-state index contributed by atoms with van der Waals surface area (Å²) in [6, 6.07) is 5.48. The largest absolute Gasteiger partial charge is 0.317 e. The molecule has 5 heteroatoms. The molecule has 3 unspecified atom stereocenters. The topological polar surface area (TPSA) is 29.1 Å². The van der Waals surface area contributed by atoms with Gasteiger partial charge in [0.25, 0.3) is 0 Å². The molecule has 1 N–H and O–H groups in total. The van der Waals surface area contributed by atoms with Crippen LogP contribution in [0.25, 0.3) is 0 Å². The van der Waals surface area contributed by atoms with E-state index >= 15 is 0 Å². The lowest BCUT2D eigenvalue weighted by Crippen LogP contribution is -2.27. The summed E-state index contributed by atoms with van der Waals surface area (Å²) in [6.07, 6.45) is 0.851. The first-order valence-electron chi connectivity index (χ1n) is 5.48. The summed E-state index contributed by atoms with van der Waals surface area (Å²) < 4.78 is 12.2. The van der Waals surface area contributed by atoms with Gasteiger partial charge in [-0.05, 0) is 38.6 Å². The molecule has 1 aromatic carbocycles. The lowest BCUT2D eigenvalue weighted by atomic mass is 10.2. The van der Waals surface area contributed by atoms with E-state index < -0.39 is 10.8 Å². The smallest absolute Gasteiger partial charge is 0.0604 e. The van der Waals surface area contributed by atoms with Crippen LogP contribution in [0.1, 0.15) is 20.3 Å². The molecule has 0 saturated heterocycles. The van der Waals surface area contributed by atoms with Crippen molar-refractivity contribution in [2.24, 2.45) is 0 Å². The van der Waals surface area contributed by atoms with Gasteiger partial charge in [0.2, 0.25) is 0 Å². The van der Waals surface area contributed by atoms with Crippen molar-refractivity contribution >= 4 is 34.0 Å². The van der Waals surface area contributed by atoms with Crippen molar-refractivity contribution in [3.8, 4) is 0 Å². The van der Waals surface area contributed by atoms with E-state index in [1.54, 1.807) is 18.2 Å². The molecule has 1 rings (SSSR count). The van der Waals surface area contributed by atoms with Gasteiger partial charge >= 0.3 is 0 Å². The van der Waals surface area contributed by atoms with Crippen LogP contribution in [0.3, 0.4) is 0 Å². The fourth-order valence-electron chi connectivity index (χ4n) is 1.54. The maximum atomic E-state index is 12.2. The van der Waals surface area contributed by atoms with Gasteiger partial charge in [0, 0.05) is 16.2 Å². The maximum Gasteiger partial charge on any atom is 0.0604 e. The predicted octanol–water partition coefficient (Wildman–Crippen LogP) is 3.49. The standard InChI is InChI=1S/C12H17Cl2NOS/c1-8(15-3)6-9(2)17(16)10-4-5-11(13)12(14)7-10/h4-5,7-9,15H,6H2,1-3H3. The van der Waals surface area contributed by atoms with Gasteiger partial charge in [0.05, 0.1) is 20.8 Å². The molecule has 0 radical (unpaired) electrons. The quantitative estimate of drug-likeness (QED) is 0.900. The third kappa shape index (κ3) is 4.25. The van der Waals surface area contributed by atoms with E-state index in [2.05, 4.69) is 12.2 Å². The van der Waals surface area contributed by atoms with E-state index in [1.807, 2.05) is 14.0 Å². The molecule has 0 amide bonds. The van der Waals surface area contributed by atoms with Crippen molar-refractivity contribution in [2.45, 2.75) is 36.5 Å². The Morgan fingerprint density at radius 3 is 2.47 bits per heavy atom. The molecule has 0 spiro atoms. The van der Waals surface area contributed by atoms with E-state index in [0.29, 0.717) is 16.1 Å². The van der Waals surface area contributed by atoms with Crippen molar-refractivity contribution in [3.63, 3.8) is 0 Å². The zero-order valence-corrected chi connectivity index (χ0v) is 12.5. The minimum atomic E-state index is -1.05. The Kier molecular flexibility index (Phi) is 5.93. The van der Waals surface area contributed by atoms with E-state index in [1.165, 1.54) is 0 Å². The highest BCUT2D eigenvalue weighted by Gasteiger charge is 2.16. The monoisotopic (exact) mass is 293 g/mol. The summed E-state index contributed by atoms with van der Waals surface area (Å²) in [4.78, 5) is 0.732. The van der Waals surface area contributed by atoms with Crippen LogP contribution in [0.5, 0.6) is 0 Å². The van der Waals surface area contributed by atoms with Crippen LogP contribution in [0.4, 0.5) is 0 Å². The van der Waals surface area contributed by atoms with Crippen molar-refractivity contribution in [2.75, 3.05) is 7.05 Å². The van der Waals surface area contributed by atoms with Crippen LogP contribution < -0.4 is 5.32 Å². The number of halogens is 2. The van der Waals surface area contributed by atoms with Gasteiger partial charge in [-0.3, -0.25) is 4.21 Å². The lowest BCUT2D eigenvalue weighted by molar-refractivity contribution is 0.554. The summed E-state index contributed by atoms with van der Waals surface area (Å²) in [5, 5.41) is 4.16. The summed E-state index contributed by atoms with van der Waals surface area (Å²) in [5.41, 5.74) is 0. The highest BCUT2D eigenvalue weighted by atomic mass is 35.5. The van der Waals surface area contributed by atoms with Crippen molar-refractivity contribution in [3.05, 3.63) is 28.2 Å². The second-order valence-corrected chi connectivity index (χ2v) is 6.79. The second-order valence-electron chi connectivity index (χ2n) is 4.11. The van der Waals surface area contributed by atoms with E-state index in [-0.39, 0.29) is 5.25 Å². The molecule has 0 aliphatic rings. The van der Waals surface area contributed by atoms with E-state index in [9.17, 15) is 4.21 Å². The Balaban J connectivity index is 2.78. The number of hydrogen-bond acceptors (Lipinski definition) is 2. The van der Waals surface area contributed by atoms with Crippen LogP contribution in [-0.4, -0.2) is 22.5 Å². The molecule has 3 atom stereocenters. The highest BCUT2D eigenvalue weighted by molar-refractivity contribution is 7.85. The van der Waals surface area contributed by atoms with Gasteiger partial charge in [-0.2, -0.15) is 0 Å². The van der Waals surface area contributed by atoms with E-state index in [0.717, 1.165) is 11.3 Å². The van der Waals surface area contributed by atoms with Crippen LogP contribution in [-0.2, 0) is 10.8 Å². The number of nitrogens with one attached hydrogen (secondary N) is 1. The summed E-state index contributed by atoms with van der Waals surface area (Å²) in [7, 11) is 0.850. The minimum absolute atomic E-state index is 0.0784. The van der Waals surface area contributed by atoms with Crippen LogP contribution in [0.2, 0.25) is 10.0 Å². The normalized spacial score (nSPS) is 16.5. The molecule has 17 heavy (non-hydrogen) atoms. The average Bonchev–Trinajstić information content (AvgIpc) is 2.31. The molecule has 1 aromatic rings.